The number of thiazole rings is 1. The maximum Gasteiger partial charge on any atom is 0.423 e. The summed E-state index contributed by atoms with van der Waals surface area (Å²) >= 11 is 0.546. The van der Waals surface area contributed by atoms with E-state index in [0.717, 1.165) is 23.0 Å². The summed E-state index contributed by atoms with van der Waals surface area (Å²) in [7, 11) is 0. The summed E-state index contributed by atoms with van der Waals surface area (Å²) in [5.74, 6) is -1.91. The molecule has 0 unspecified atom stereocenters. The predicted octanol–water partition coefficient (Wildman–Crippen LogP) is 1.57. The molecular formula is C11H8F2N4O4S. The molecule has 2 aromatic heterocycles. The molecule has 0 bridgehead atoms. The van der Waals surface area contributed by atoms with E-state index in [2.05, 4.69) is 10.3 Å². The van der Waals surface area contributed by atoms with Crippen LogP contribution in [0.2, 0.25) is 0 Å². The summed E-state index contributed by atoms with van der Waals surface area (Å²) in [4.78, 5) is 36.4. The number of hydrogen-bond donors (Lipinski definition) is 1. The first-order valence-electron chi connectivity index (χ1n) is 5.80. The standard InChI is InChI=1S/C11H8F2N4O4S/c12-1-2-16-5-6(3-7(13)10(16)19)15-9(18)8-4-14-11(22-8)17(20)21/h3-5H,1-2H2,(H,15,18). The number of carbonyl (C=O) groups is 1. The lowest BCUT2D eigenvalue weighted by atomic mass is 10.3. The molecule has 0 aliphatic heterocycles. The maximum absolute atomic E-state index is 13.4. The molecule has 0 aliphatic rings. The molecule has 0 saturated carbocycles. The van der Waals surface area contributed by atoms with Crippen LogP contribution in [0, 0.1) is 15.9 Å². The largest absolute Gasteiger partial charge is 0.423 e. The van der Waals surface area contributed by atoms with Crippen LogP contribution in [0.15, 0.2) is 23.3 Å². The third kappa shape index (κ3) is 3.31. The van der Waals surface area contributed by atoms with Gasteiger partial charge in [0.25, 0.3) is 11.5 Å². The Bertz CT molecular complexity index is 789. The average molecular weight is 330 g/mol. The Labute approximate surface area is 125 Å². The van der Waals surface area contributed by atoms with E-state index >= 15 is 0 Å². The van der Waals surface area contributed by atoms with Crippen LogP contribution in [-0.4, -0.2) is 27.1 Å². The van der Waals surface area contributed by atoms with Crippen molar-refractivity contribution in [2.75, 3.05) is 12.0 Å². The number of carbonyl (C=O) groups excluding carboxylic acids is 1. The van der Waals surface area contributed by atoms with Crippen LogP contribution < -0.4 is 10.9 Å². The van der Waals surface area contributed by atoms with Crippen LogP contribution in [-0.2, 0) is 6.54 Å². The molecule has 2 rings (SSSR count). The molecular weight excluding hydrogens is 322 g/mol. The van der Waals surface area contributed by atoms with E-state index in [1.165, 1.54) is 0 Å². The second-order valence-corrected chi connectivity index (χ2v) is 4.99. The number of anilines is 1. The van der Waals surface area contributed by atoms with Crippen molar-refractivity contribution in [3.63, 3.8) is 0 Å². The molecule has 0 spiro atoms. The highest BCUT2D eigenvalue weighted by Crippen LogP contribution is 2.21. The number of aryl methyl sites for hydroxylation is 1. The molecule has 116 valence electrons. The van der Waals surface area contributed by atoms with E-state index in [-0.39, 0.29) is 17.1 Å². The summed E-state index contributed by atoms with van der Waals surface area (Å²) in [6.07, 6.45) is 2.09. The maximum atomic E-state index is 13.4. The SMILES string of the molecule is O=C(Nc1cc(F)c(=O)n(CCF)c1)c1cnc([N+](=O)[O-])s1. The number of pyridine rings is 1. The van der Waals surface area contributed by atoms with Crippen LogP contribution in [0.3, 0.4) is 0 Å². The van der Waals surface area contributed by atoms with Gasteiger partial charge in [0.1, 0.15) is 11.6 Å². The van der Waals surface area contributed by atoms with Crippen LogP contribution >= 0.6 is 11.3 Å². The van der Waals surface area contributed by atoms with Crippen molar-refractivity contribution in [2.24, 2.45) is 0 Å². The molecule has 2 heterocycles. The number of rotatable bonds is 5. The quantitative estimate of drug-likeness (QED) is 0.661. The Hall–Kier alpha value is -2.69. The third-order valence-corrected chi connectivity index (χ3v) is 3.45. The minimum atomic E-state index is -1.15. The van der Waals surface area contributed by atoms with E-state index < -0.39 is 34.0 Å². The monoisotopic (exact) mass is 330 g/mol. The van der Waals surface area contributed by atoms with Gasteiger partial charge in [0, 0.05) is 12.3 Å². The van der Waals surface area contributed by atoms with Gasteiger partial charge in [-0.15, -0.1) is 0 Å². The van der Waals surface area contributed by atoms with Gasteiger partial charge < -0.3 is 20.0 Å². The van der Waals surface area contributed by atoms with E-state index in [9.17, 15) is 28.5 Å². The molecule has 0 saturated heterocycles. The Morgan fingerprint density at radius 1 is 1.55 bits per heavy atom. The van der Waals surface area contributed by atoms with Gasteiger partial charge in [0.15, 0.2) is 12.0 Å². The fourth-order valence-electron chi connectivity index (χ4n) is 1.57. The molecule has 0 atom stereocenters. The predicted molar refractivity (Wildman–Crippen MR) is 73.4 cm³/mol. The highest BCUT2D eigenvalue weighted by Gasteiger charge is 2.19. The van der Waals surface area contributed by atoms with Crippen molar-refractivity contribution in [2.45, 2.75) is 6.54 Å². The zero-order chi connectivity index (χ0) is 16.3. The van der Waals surface area contributed by atoms with Crippen molar-refractivity contribution in [3.8, 4) is 0 Å². The first kappa shape index (κ1) is 15.7. The lowest BCUT2D eigenvalue weighted by Gasteiger charge is -2.07. The molecule has 2 aromatic rings. The van der Waals surface area contributed by atoms with Crippen molar-refractivity contribution < 1.29 is 18.5 Å². The third-order valence-electron chi connectivity index (χ3n) is 2.50. The van der Waals surface area contributed by atoms with Gasteiger partial charge in [-0.2, -0.15) is 0 Å². The second kappa shape index (κ2) is 6.39. The van der Waals surface area contributed by atoms with E-state index in [1.807, 2.05) is 0 Å². The lowest BCUT2D eigenvalue weighted by molar-refractivity contribution is -0.384. The first-order valence-corrected chi connectivity index (χ1v) is 6.61. The Kier molecular flexibility index (Phi) is 4.56. The van der Waals surface area contributed by atoms with Crippen molar-refractivity contribution in [3.05, 3.63) is 49.6 Å². The second-order valence-electron chi connectivity index (χ2n) is 3.98. The van der Waals surface area contributed by atoms with Crippen LogP contribution in [0.4, 0.5) is 19.6 Å². The Morgan fingerprint density at radius 2 is 2.27 bits per heavy atom. The van der Waals surface area contributed by atoms with Crippen LogP contribution in [0.1, 0.15) is 9.67 Å². The van der Waals surface area contributed by atoms with Gasteiger partial charge in [-0.25, -0.2) is 8.78 Å². The fourth-order valence-corrected chi connectivity index (χ4v) is 2.20. The average Bonchev–Trinajstić information content (AvgIpc) is 2.94. The molecule has 1 amide bonds. The minimum absolute atomic E-state index is 0.0599. The lowest BCUT2D eigenvalue weighted by Crippen LogP contribution is -2.24. The summed E-state index contributed by atoms with van der Waals surface area (Å²) in [5.41, 5.74) is -1.09. The molecule has 0 fully saturated rings. The molecule has 11 heteroatoms. The van der Waals surface area contributed by atoms with Gasteiger partial charge in [-0.3, -0.25) is 9.59 Å². The number of nitrogens with one attached hydrogen (secondary N) is 1. The van der Waals surface area contributed by atoms with Gasteiger partial charge in [-0.1, -0.05) is 0 Å². The smallest absolute Gasteiger partial charge is 0.357 e. The van der Waals surface area contributed by atoms with E-state index in [1.54, 1.807) is 0 Å². The van der Waals surface area contributed by atoms with Crippen molar-refractivity contribution >= 4 is 28.1 Å². The molecule has 22 heavy (non-hydrogen) atoms. The number of nitrogens with zero attached hydrogens (tertiary/aromatic N) is 3. The number of hydrogen-bond acceptors (Lipinski definition) is 6. The van der Waals surface area contributed by atoms with E-state index in [4.69, 9.17) is 0 Å². The zero-order valence-electron chi connectivity index (χ0n) is 10.8. The fraction of sp³-hybridized carbons (Fsp3) is 0.182. The summed E-state index contributed by atoms with van der Waals surface area (Å²) in [6, 6.07) is 0.782. The van der Waals surface area contributed by atoms with E-state index in [0.29, 0.717) is 11.3 Å². The molecule has 8 nitrogen and oxygen atoms in total. The van der Waals surface area contributed by atoms with Gasteiger partial charge in [0.2, 0.25) is 0 Å². The molecule has 0 radical (unpaired) electrons. The number of nitro groups is 1. The number of halogens is 2. The van der Waals surface area contributed by atoms with Crippen molar-refractivity contribution in [1.82, 2.24) is 9.55 Å². The summed E-state index contributed by atoms with van der Waals surface area (Å²) in [5, 5.41) is 12.3. The zero-order valence-corrected chi connectivity index (χ0v) is 11.6. The molecule has 0 aromatic carbocycles. The van der Waals surface area contributed by atoms with Gasteiger partial charge >= 0.3 is 5.13 Å². The molecule has 0 aliphatic carbocycles. The van der Waals surface area contributed by atoms with Gasteiger partial charge in [-0.05, 0) is 21.2 Å². The number of alkyl halides is 1. The van der Waals surface area contributed by atoms with Crippen LogP contribution in [0.25, 0.3) is 0 Å². The first-order chi connectivity index (χ1) is 10.4. The minimum Gasteiger partial charge on any atom is -0.357 e. The normalized spacial score (nSPS) is 10.5. The Morgan fingerprint density at radius 3 is 2.86 bits per heavy atom. The Balaban J connectivity index is 2.24. The highest BCUT2D eigenvalue weighted by molar-refractivity contribution is 7.16. The van der Waals surface area contributed by atoms with Crippen molar-refractivity contribution in [1.29, 1.82) is 0 Å². The number of amides is 1. The van der Waals surface area contributed by atoms with Crippen LogP contribution in [0.5, 0.6) is 0 Å². The highest BCUT2D eigenvalue weighted by atomic mass is 32.1. The van der Waals surface area contributed by atoms with Gasteiger partial charge in [0.05, 0.1) is 12.2 Å². The topological polar surface area (TPSA) is 107 Å². The summed E-state index contributed by atoms with van der Waals surface area (Å²) in [6.45, 7) is -1.23. The summed E-state index contributed by atoms with van der Waals surface area (Å²) < 4.78 is 26.5. The number of aromatic nitrogens is 2. The molecule has 1 N–H and O–H groups in total.